The predicted octanol–water partition coefficient (Wildman–Crippen LogP) is 3.38. The van der Waals surface area contributed by atoms with Gasteiger partial charge >= 0.3 is 9.15 Å². The highest BCUT2D eigenvalue weighted by Crippen LogP contribution is 2.69. The van der Waals surface area contributed by atoms with Crippen molar-refractivity contribution in [2.45, 2.75) is 53.2 Å². The van der Waals surface area contributed by atoms with Crippen LogP contribution < -0.4 is 0 Å². The van der Waals surface area contributed by atoms with E-state index in [4.69, 9.17) is 4.84 Å². The van der Waals surface area contributed by atoms with E-state index in [1.54, 1.807) is 6.92 Å². The molecule has 0 spiro atoms. The Labute approximate surface area is 125 Å². The zero-order valence-electron chi connectivity index (χ0n) is 13.4. The molecule has 0 heterocycles. The van der Waals surface area contributed by atoms with Crippen molar-refractivity contribution in [1.82, 2.24) is 0 Å². The molecule has 0 saturated heterocycles. The molecule has 1 saturated carbocycles. The Kier molecular flexibility index (Phi) is 4.10. The molecule has 0 aliphatic heterocycles. The van der Waals surface area contributed by atoms with Crippen molar-refractivity contribution < 1.29 is 17.8 Å². The third kappa shape index (κ3) is 2.18. The second-order valence-corrected chi connectivity index (χ2v) is 10.6. The lowest BCUT2D eigenvalue weighted by Gasteiger charge is -2.46. The molecule has 1 aliphatic rings. The monoisotopic (exact) mass is 323 g/mol. The fourth-order valence-electron chi connectivity index (χ4n) is 3.21. The highest BCUT2D eigenvalue weighted by Gasteiger charge is 2.70. The average Bonchev–Trinajstić information content (AvgIpc) is 2.27. The van der Waals surface area contributed by atoms with E-state index in [2.05, 4.69) is 19.0 Å². The van der Waals surface area contributed by atoms with Gasteiger partial charge in [-0.1, -0.05) is 46.7 Å². The first-order valence-electron chi connectivity index (χ1n) is 6.45. The molecule has 5 nitrogen and oxygen atoms in total. The molecule has 0 amide bonds. The molecule has 0 aromatic carbocycles. The summed E-state index contributed by atoms with van der Waals surface area (Å²) in [6.07, 6.45) is 0. The van der Waals surface area contributed by atoms with Crippen LogP contribution in [-0.2, 0) is 14.0 Å². The Morgan fingerprint density at radius 2 is 1.50 bits per heavy atom. The second kappa shape index (κ2) is 4.61. The van der Waals surface area contributed by atoms with Crippen LogP contribution in [0.2, 0.25) is 0 Å². The standard InChI is InChI=1S/C13H25NO4S2/c1-10(2)9(14-18-8)13(7,19-20(15,16)17)12(5,6)11(10,3)4/h1-8H3,(H,15,16,17)/b14-9-/t13-/m1/s1. The van der Waals surface area contributed by atoms with Gasteiger partial charge in [0, 0.05) is 16.2 Å². The Balaban J connectivity index is 3.67. The Morgan fingerprint density at radius 3 is 1.85 bits per heavy atom. The van der Waals surface area contributed by atoms with Crippen molar-refractivity contribution >= 4 is 25.7 Å². The number of hydrogen-bond acceptors (Lipinski definition) is 5. The van der Waals surface area contributed by atoms with Crippen molar-refractivity contribution in [2.24, 2.45) is 21.4 Å². The van der Waals surface area contributed by atoms with E-state index in [1.165, 1.54) is 7.11 Å². The van der Waals surface area contributed by atoms with Gasteiger partial charge in [0.05, 0.1) is 10.5 Å². The van der Waals surface area contributed by atoms with Crippen LogP contribution in [0, 0.1) is 16.2 Å². The highest BCUT2D eigenvalue weighted by atomic mass is 33.1. The van der Waals surface area contributed by atoms with Crippen LogP contribution in [0.1, 0.15) is 48.5 Å². The largest absolute Gasteiger partial charge is 0.399 e. The molecule has 0 unspecified atom stereocenters. The minimum Gasteiger partial charge on any atom is -0.399 e. The maximum Gasteiger partial charge on any atom is 0.320 e. The Hall–Kier alpha value is -0.270. The van der Waals surface area contributed by atoms with E-state index < -0.39 is 19.3 Å². The van der Waals surface area contributed by atoms with Crippen LogP contribution in [0.15, 0.2) is 5.16 Å². The molecule has 7 heteroatoms. The van der Waals surface area contributed by atoms with Gasteiger partial charge in [-0.2, -0.15) is 8.42 Å². The van der Waals surface area contributed by atoms with E-state index in [-0.39, 0.29) is 10.8 Å². The Bertz CT molecular complexity index is 535. The van der Waals surface area contributed by atoms with E-state index >= 15 is 0 Å². The van der Waals surface area contributed by atoms with Crippen molar-refractivity contribution in [3.05, 3.63) is 0 Å². The number of nitrogens with zero attached hydrogens (tertiary/aromatic N) is 1. The van der Waals surface area contributed by atoms with Crippen LogP contribution >= 0.6 is 10.8 Å². The second-order valence-electron chi connectivity index (χ2n) is 7.04. The van der Waals surface area contributed by atoms with Crippen molar-refractivity contribution in [3.8, 4) is 0 Å². The molecular formula is C13H25NO4S2. The molecule has 1 rings (SSSR count). The zero-order chi connectivity index (χ0) is 16.2. The molecular weight excluding hydrogens is 298 g/mol. The molecule has 0 radical (unpaired) electrons. The van der Waals surface area contributed by atoms with Crippen molar-refractivity contribution in [2.75, 3.05) is 7.11 Å². The first-order valence-corrected chi connectivity index (χ1v) is 9.22. The van der Waals surface area contributed by atoms with Gasteiger partial charge in [0.15, 0.2) is 0 Å². The topological polar surface area (TPSA) is 76.0 Å². The molecule has 0 aromatic rings. The van der Waals surface area contributed by atoms with E-state index in [1.807, 2.05) is 27.7 Å². The molecule has 1 atom stereocenters. The van der Waals surface area contributed by atoms with Crippen LogP contribution in [0.4, 0.5) is 0 Å². The minimum absolute atomic E-state index is 0.246. The summed E-state index contributed by atoms with van der Waals surface area (Å²) in [5, 5.41) is 4.13. The predicted molar refractivity (Wildman–Crippen MR) is 83.3 cm³/mol. The normalized spacial score (nSPS) is 33.4. The summed E-state index contributed by atoms with van der Waals surface area (Å²) >= 11 is 0. The maximum atomic E-state index is 11.5. The van der Waals surface area contributed by atoms with E-state index in [0.717, 1.165) is 0 Å². The lowest BCUT2D eigenvalue weighted by molar-refractivity contribution is 0.0532. The fourth-order valence-corrected chi connectivity index (χ4v) is 6.59. The molecule has 118 valence electrons. The number of rotatable bonds is 3. The van der Waals surface area contributed by atoms with Crippen molar-refractivity contribution in [1.29, 1.82) is 0 Å². The summed E-state index contributed by atoms with van der Waals surface area (Å²) in [5.74, 6) is 0. The van der Waals surface area contributed by atoms with Gasteiger partial charge < -0.3 is 4.84 Å². The lowest BCUT2D eigenvalue weighted by atomic mass is 9.60. The van der Waals surface area contributed by atoms with Gasteiger partial charge in [-0.3, -0.25) is 4.55 Å². The third-order valence-electron chi connectivity index (χ3n) is 5.82. The minimum atomic E-state index is -4.21. The summed E-state index contributed by atoms with van der Waals surface area (Å²) in [6.45, 7) is 14.1. The van der Waals surface area contributed by atoms with E-state index in [0.29, 0.717) is 16.5 Å². The number of oxime groups is 1. The van der Waals surface area contributed by atoms with Crippen molar-refractivity contribution in [3.63, 3.8) is 0 Å². The van der Waals surface area contributed by atoms with Crippen LogP contribution in [-0.4, -0.2) is 30.5 Å². The number of hydrogen-bond donors (Lipinski definition) is 1. The molecule has 0 bridgehead atoms. The van der Waals surface area contributed by atoms with Gasteiger partial charge in [-0.05, 0) is 17.8 Å². The molecule has 0 aromatic heterocycles. The third-order valence-corrected chi connectivity index (χ3v) is 8.70. The quantitative estimate of drug-likeness (QED) is 0.489. The average molecular weight is 323 g/mol. The molecule has 1 aliphatic carbocycles. The van der Waals surface area contributed by atoms with E-state index in [9.17, 15) is 13.0 Å². The SMILES string of the molecule is CO/N=C1/C(C)(C)C(C)(C)C(C)(C)[C@]1(C)SS(=O)(=O)O. The zero-order valence-corrected chi connectivity index (χ0v) is 15.1. The van der Waals surface area contributed by atoms with Crippen LogP contribution in [0.25, 0.3) is 0 Å². The van der Waals surface area contributed by atoms with Gasteiger partial charge in [-0.25, -0.2) is 0 Å². The molecule has 1 N–H and O–H groups in total. The fraction of sp³-hybridized carbons (Fsp3) is 0.923. The highest BCUT2D eigenvalue weighted by molar-refractivity contribution is 8.70. The van der Waals surface area contributed by atoms with Gasteiger partial charge in [0.25, 0.3) is 0 Å². The van der Waals surface area contributed by atoms with Gasteiger partial charge in [0.2, 0.25) is 0 Å². The summed E-state index contributed by atoms with van der Waals surface area (Å²) in [6, 6.07) is 0. The summed E-state index contributed by atoms with van der Waals surface area (Å²) in [7, 11) is -2.22. The lowest BCUT2D eigenvalue weighted by Crippen LogP contribution is -2.45. The Morgan fingerprint density at radius 1 is 1.05 bits per heavy atom. The summed E-state index contributed by atoms with van der Waals surface area (Å²) in [4.78, 5) is 4.96. The first-order chi connectivity index (χ1) is 8.65. The smallest absolute Gasteiger partial charge is 0.320 e. The van der Waals surface area contributed by atoms with Gasteiger partial charge in [0.1, 0.15) is 7.11 Å². The maximum absolute atomic E-state index is 11.5. The van der Waals surface area contributed by atoms with Crippen LogP contribution in [0.5, 0.6) is 0 Å². The summed E-state index contributed by atoms with van der Waals surface area (Å²) in [5.41, 5.74) is -0.408. The molecule has 20 heavy (non-hydrogen) atoms. The first kappa shape index (κ1) is 17.8. The molecule has 1 fully saturated rings. The summed E-state index contributed by atoms with van der Waals surface area (Å²) < 4.78 is 31.4. The van der Waals surface area contributed by atoms with Crippen LogP contribution in [0.3, 0.4) is 0 Å². The van der Waals surface area contributed by atoms with Gasteiger partial charge in [-0.15, -0.1) is 0 Å².